The van der Waals surface area contributed by atoms with Gasteiger partial charge in [-0.05, 0) is 25.8 Å². The molecule has 6 nitrogen and oxygen atoms in total. The van der Waals surface area contributed by atoms with Crippen molar-refractivity contribution >= 4 is 11.6 Å². The predicted octanol–water partition coefficient (Wildman–Crippen LogP) is 1.99. The van der Waals surface area contributed by atoms with Crippen molar-refractivity contribution < 1.29 is 4.79 Å². The lowest BCUT2D eigenvalue weighted by Gasteiger charge is -2.23. The van der Waals surface area contributed by atoms with Crippen LogP contribution < -0.4 is 10.5 Å². The lowest BCUT2D eigenvalue weighted by atomic mass is 10.1. The number of hydrogen-bond donors (Lipinski definition) is 0. The molecule has 1 aromatic heterocycles. The summed E-state index contributed by atoms with van der Waals surface area (Å²) in [7, 11) is 0. The fraction of sp³-hybridized carbons (Fsp3) is 0.450. The molecule has 1 atom stereocenters. The molecule has 0 N–H and O–H groups in total. The van der Waals surface area contributed by atoms with Gasteiger partial charge in [-0.15, -0.1) is 0 Å². The maximum absolute atomic E-state index is 12.5. The molecule has 1 aliphatic heterocycles. The van der Waals surface area contributed by atoms with Gasteiger partial charge in [-0.25, -0.2) is 4.68 Å². The molecule has 2 aromatic rings. The summed E-state index contributed by atoms with van der Waals surface area (Å²) in [5.41, 5.74) is 1.72. The van der Waals surface area contributed by atoms with Gasteiger partial charge >= 0.3 is 0 Å². The summed E-state index contributed by atoms with van der Waals surface area (Å²) < 4.78 is 1.47. The van der Waals surface area contributed by atoms with Crippen LogP contribution in [-0.4, -0.2) is 46.8 Å². The fourth-order valence-electron chi connectivity index (χ4n) is 3.46. The molecule has 0 bridgehead atoms. The van der Waals surface area contributed by atoms with Gasteiger partial charge in [-0.3, -0.25) is 9.59 Å². The predicted molar refractivity (Wildman–Crippen MR) is 102 cm³/mol. The SMILES string of the molecule is CCN(CC)C(=O)C1CCN(c2cnn(Cc3ccccc3)c(=O)c2)C1. The van der Waals surface area contributed by atoms with Crippen LogP contribution in [0.15, 0.2) is 47.4 Å². The molecule has 1 aromatic carbocycles. The molecule has 6 heteroatoms. The molecule has 0 spiro atoms. The van der Waals surface area contributed by atoms with Crippen molar-refractivity contribution in [2.45, 2.75) is 26.8 Å². The zero-order valence-electron chi connectivity index (χ0n) is 15.5. The van der Waals surface area contributed by atoms with Crippen LogP contribution in [-0.2, 0) is 11.3 Å². The van der Waals surface area contributed by atoms with Crippen LogP contribution in [0.1, 0.15) is 25.8 Å². The zero-order valence-corrected chi connectivity index (χ0v) is 15.5. The third-order valence-electron chi connectivity index (χ3n) is 5.01. The van der Waals surface area contributed by atoms with Gasteiger partial charge in [0, 0.05) is 32.2 Å². The second-order valence-electron chi connectivity index (χ2n) is 6.64. The second kappa shape index (κ2) is 8.17. The van der Waals surface area contributed by atoms with Gasteiger partial charge in [0.1, 0.15) is 0 Å². The first-order chi connectivity index (χ1) is 12.6. The quantitative estimate of drug-likeness (QED) is 0.796. The first-order valence-electron chi connectivity index (χ1n) is 9.27. The maximum atomic E-state index is 12.5. The van der Waals surface area contributed by atoms with Crippen molar-refractivity contribution in [2.75, 3.05) is 31.1 Å². The van der Waals surface area contributed by atoms with Crippen LogP contribution in [0.5, 0.6) is 0 Å². The van der Waals surface area contributed by atoms with Crippen molar-refractivity contribution in [3.05, 3.63) is 58.5 Å². The number of benzene rings is 1. The molecule has 1 aliphatic rings. The number of anilines is 1. The summed E-state index contributed by atoms with van der Waals surface area (Å²) in [5.74, 6) is 0.213. The molecule has 1 saturated heterocycles. The molecule has 26 heavy (non-hydrogen) atoms. The number of carbonyl (C=O) groups is 1. The van der Waals surface area contributed by atoms with Crippen LogP contribution in [0.4, 0.5) is 5.69 Å². The molecule has 3 rings (SSSR count). The van der Waals surface area contributed by atoms with Crippen LogP contribution in [0, 0.1) is 5.92 Å². The van der Waals surface area contributed by atoms with E-state index < -0.39 is 0 Å². The van der Waals surface area contributed by atoms with E-state index in [1.54, 1.807) is 12.3 Å². The highest BCUT2D eigenvalue weighted by Gasteiger charge is 2.31. The van der Waals surface area contributed by atoms with E-state index in [0.717, 1.165) is 37.3 Å². The minimum atomic E-state index is -0.120. The molecule has 0 aliphatic carbocycles. The molecule has 1 amide bonds. The molecule has 1 unspecified atom stereocenters. The smallest absolute Gasteiger partial charge is 0.269 e. The highest BCUT2D eigenvalue weighted by atomic mass is 16.2. The van der Waals surface area contributed by atoms with E-state index in [9.17, 15) is 9.59 Å². The zero-order chi connectivity index (χ0) is 18.5. The summed E-state index contributed by atoms with van der Waals surface area (Å²) in [6.45, 7) is 7.38. The van der Waals surface area contributed by atoms with Gasteiger partial charge < -0.3 is 9.80 Å². The highest BCUT2D eigenvalue weighted by molar-refractivity contribution is 5.80. The minimum Gasteiger partial charge on any atom is -0.369 e. The Morgan fingerprint density at radius 1 is 1.23 bits per heavy atom. The van der Waals surface area contributed by atoms with Gasteiger partial charge in [-0.2, -0.15) is 5.10 Å². The van der Waals surface area contributed by atoms with Crippen molar-refractivity contribution in [3.8, 4) is 0 Å². The highest BCUT2D eigenvalue weighted by Crippen LogP contribution is 2.23. The minimum absolute atomic E-state index is 0.00153. The van der Waals surface area contributed by atoms with Crippen LogP contribution >= 0.6 is 0 Å². The summed E-state index contributed by atoms with van der Waals surface area (Å²) in [6, 6.07) is 11.4. The monoisotopic (exact) mass is 354 g/mol. The Morgan fingerprint density at radius 3 is 2.62 bits per heavy atom. The van der Waals surface area contributed by atoms with Crippen LogP contribution in [0.2, 0.25) is 0 Å². The molecular weight excluding hydrogens is 328 g/mol. The molecule has 2 heterocycles. The van der Waals surface area contributed by atoms with Crippen molar-refractivity contribution in [3.63, 3.8) is 0 Å². The lowest BCUT2D eigenvalue weighted by molar-refractivity contribution is -0.134. The Balaban J connectivity index is 1.68. The van der Waals surface area contributed by atoms with Gasteiger partial charge in [-0.1, -0.05) is 30.3 Å². The van der Waals surface area contributed by atoms with Gasteiger partial charge in [0.05, 0.1) is 24.3 Å². The van der Waals surface area contributed by atoms with E-state index in [4.69, 9.17) is 0 Å². The van der Waals surface area contributed by atoms with Crippen LogP contribution in [0.25, 0.3) is 0 Å². The van der Waals surface area contributed by atoms with Crippen molar-refractivity contribution in [1.82, 2.24) is 14.7 Å². The van der Waals surface area contributed by atoms with E-state index >= 15 is 0 Å². The number of aromatic nitrogens is 2. The number of hydrogen-bond acceptors (Lipinski definition) is 4. The van der Waals surface area contributed by atoms with E-state index in [1.165, 1.54) is 4.68 Å². The number of nitrogens with zero attached hydrogens (tertiary/aromatic N) is 4. The number of amides is 1. The second-order valence-corrected chi connectivity index (χ2v) is 6.64. The average molecular weight is 354 g/mol. The Bertz CT molecular complexity index is 799. The Morgan fingerprint density at radius 2 is 1.96 bits per heavy atom. The molecular formula is C20H26N4O2. The van der Waals surface area contributed by atoms with Crippen molar-refractivity contribution in [1.29, 1.82) is 0 Å². The van der Waals surface area contributed by atoms with E-state index in [1.807, 2.05) is 49.1 Å². The maximum Gasteiger partial charge on any atom is 0.269 e. The van der Waals surface area contributed by atoms with E-state index in [-0.39, 0.29) is 17.4 Å². The topological polar surface area (TPSA) is 58.4 Å². The standard InChI is InChI=1S/C20H26N4O2/c1-3-22(4-2)20(26)17-10-11-23(15-17)18-12-19(25)24(21-13-18)14-16-8-6-5-7-9-16/h5-9,12-13,17H,3-4,10-11,14-15H2,1-2H3. The normalized spacial score (nSPS) is 16.7. The van der Waals surface area contributed by atoms with Gasteiger partial charge in [0.15, 0.2) is 0 Å². The third kappa shape index (κ3) is 3.95. The van der Waals surface area contributed by atoms with Gasteiger partial charge in [0.2, 0.25) is 5.91 Å². The number of rotatable bonds is 6. The summed E-state index contributed by atoms with van der Waals surface area (Å²) in [4.78, 5) is 28.9. The first-order valence-corrected chi connectivity index (χ1v) is 9.27. The Hall–Kier alpha value is -2.63. The Labute approximate surface area is 154 Å². The summed E-state index contributed by atoms with van der Waals surface area (Å²) in [5, 5.41) is 4.32. The van der Waals surface area contributed by atoms with E-state index in [2.05, 4.69) is 10.00 Å². The average Bonchev–Trinajstić information content (AvgIpc) is 3.15. The van der Waals surface area contributed by atoms with Gasteiger partial charge in [0.25, 0.3) is 5.56 Å². The molecule has 0 radical (unpaired) electrons. The largest absolute Gasteiger partial charge is 0.369 e. The summed E-state index contributed by atoms with van der Waals surface area (Å²) >= 11 is 0. The molecule has 138 valence electrons. The number of carbonyl (C=O) groups excluding carboxylic acids is 1. The van der Waals surface area contributed by atoms with E-state index in [0.29, 0.717) is 13.1 Å². The molecule has 1 fully saturated rings. The van der Waals surface area contributed by atoms with Crippen molar-refractivity contribution in [2.24, 2.45) is 5.92 Å². The summed E-state index contributed by atoms with van der Waals surface area (Å²) in [6.07, 6.45) is 2.55. The molecule has 0 saturated carbocycles. The first kappa shape index (κ1) is 18.2. The Kier molecular flexibility index (Phi) is 5.71. The third-order valence-corrected chi connectivity index (χ3v) is 5.01. The lowest BCUT2D eigenvalue weighted by Crippen LogP contribution is -2.37. The van der Waals surface area contributed by atoms with Crippen LogP contribution in [0.3, 0.4) is 0 Å². The fourth-order valence-corrected chi connectivity index (χ4v) is 3.46.